The zero-order valence-corrected chi connectivity index (χ0v) is 72.9. The van der Waals surface area contributed by atoms with Crippen LogP contribution in [0.5, 0.6) is 34.5 Å². The number of halogens is 4. The summed E-state index contributed by atoms with van der Waals surface area (Å²) in [7, 11) is -0.492. The average Bonchev–Trinajstić information content (AvgIpc) is 1.44. The average molecular weight is 1790 g/mol. The molecular weight excluding hydrogens is 1690 g/mol. The Labute approximate surface area is 749 Å². The van der Waals surface area contributed by atoms with Crippen LogP contribution < -0.4 is 38.2 Å². The van der Waals surface area contributed by atoms with E-state index < -0.39 is 64.5 Å². The number of ether oxygens (including phenoxy) is 8. The quantitative estimate of drug-likeness (QED) is 0.0408. The highest BCUT2D eigenvalue weighted by Gasteiger charge is 2.51. The molecule has 1 aliphatic carbocycles. The number of pyridine rings is 3. The number of aromatic amines is 3. The van der Waals surface area contributed by atoms with Crippen LogP contribution in [0.4, 0.5) is 28.9 Å². The van der Waals surface area contributed by atoms with Crippen molar-refractivity contribution in [2.24, 2.45) is 5.92 Å². The molecule has 2 unspecified atom stereocenters. The number of nitrogens with one attached hydrogen (secondary N) is 3. The van der Waals surface area contributed by atoms with Crippen molar-refractivity contribution in [3.8, 4) is 120 Å². The van der Waals surface area contributed by atoms with Gasteiger partial charge in [-0.1, -0.05) is 12.1 Å². The molecule has 32 heteroatoms. The summed E-state index contributed by atoms with van der Waals surface area (Å²) in [6.07, 6.45) is 6.52. The van der Waals surface area contributed by atoms with E-state index in [0.29, 0.717) is 58.4 Å². The van der Waals surface area contributed by atoms with E-state index in [0.717, 1.165) is 203 Å². The number of likely N-dealkylation sites (tertiary alicyclic amines) is 2. The van der Waals surface area contributed by atoms with Gasteiger partial charge in [0.05, 0.1) is 117 Å². The molecule has 0 spiro atoms. The minimum atomic E-state index is -3.85. The maximum Gasteiger partial charge on any atom is 0.301 e. The highest BCUT2D eigenvalue weighted by Crippen LogP contribution is 2.44. The molecule has 1 amide bonds. The van der Waals surface area contributed by atoms with Crippen LogP contribution in [0.25, 0.3) is 100 Å². The van der Waals surface area contributed by atoms with Gasteiger partial charge in [-0.3, -0.25) is 34.4 Å². The topological polar surface area (TPSA) is 322 Å². The molecule has 13 heterocycles. The van der Waals surface area contributed by atoms with E-state index in [4.69, 9.17) is 43.0 Å². The Morgan fingerprint density at radius 3 is 1.36 bits per heavy atom. The van der Waals surface area contributed by atoms with Gasteiger partial charge in [0.1, 0.15) is 71.7 Å². The number of alkyl halides is 4. The number of nitriles is 3. The number of carbonyl (C=O) groups is 1. The lowest BCUT2D eigenvalue weighted by Gasteiger charge is -2.43. The number of anilines is 2. The summed E-state index contributed by atoms with van der Waals surface area (Å²) in [5.41, 5.74) is 15.4. The van der Waals surface area contributed by atoms with Gasteiger partial charge in [-0.2, -0.15) is 15.8 Å². The van der Waals surface area contributed by atoms with Crippen LogP contribution in [-0.2, 0) is 24.1 Å². The number of piperazine rings is 2. The lowest BCUT2D eigenvalue weighted by atomic mass is 10.0. The number of sulfone groups is 1. The Bertz CT molecular complexity index is 6400. The maximum absolute atomic E-state index is 14.9. The fourth-order valence-electron chi connectivity index (χ4n) is 18.0. The van der Waals surface area contributed by atoms with Crippen molar-refractivity contribution >= 4 is 59.8 Å². The van der Waals surface area contributed by atoms with Gasteiger partial charge in [0.15, 0.2) is 22.0 Å². The fraction of sp³-hybridized carbons (Fsp3) is 0.378. The Morgan fingerprint density at radius 1 is 0.500 bits per heavy atom. The number of H-pyrrole nitrogens is 3. The van der Waals surface area contributed by atoms with Gasteiger partial charge >= 0.3 is 5.92 Å². The lowest BCUT2D eigenvalue weighted by molar-refractivity contribution is -0.161. The van der Waals surface area contributed by atoms with Crippen molar-refractivity contribution in [1.82, 2.24) is 49.5 Å². The van der Waals surface area contributed by atoms with Crippen molar-refractivity contribution in [1.29, 1.82) is 15.8 Å². The van der Waals surface area contributed by atoms with Crippen LogP contribution in [-0.4, -0.2) is 262 Å². The third-order valence-corrected chi connectivity index (χ3v) is 27.4. The van der Waals surface area contributed by atoms with E-state index in [1.54, 1.807) is 57.1 Å². The predicted molar refractivity (Wildman–Crippen MR) is 485 cm³/mol. The molecule has 1 saturated carbocycles. The molecule has 2 atom stereocenters. The highest BCUT2D eigenvalue weighted by atomic mass is 32.2. The van der Waals surface area contributed by atoms with Crippen molar-refractivity contribution in [2.75, 3.05) is 167 Å². The number of piperidine rings is 1. The van der Waals surface area contributed by atoms with Gasteiger partial charge in [0, 0.05) is 174 Å². The number of fused-ring (bicyclic) bond motifs is 3. The molecule has 12 aromatic rings. The number of aliphatic hydroxyl groups is 1. The van der Waals surface area contributed by atoms with E-state index in [9.17, 15) is 46.6 Å². The molecule has 8 aliphatic rings. The van der Waals surface area contributed by atoms with Crippen LogP contribution in [0, 0.1) is 39.9 Å². The molecule has 0 bridgehead atoms. The first-order valence-corrected chi connectivity index (χ1v) is 45.8. The summed E-state index contributed by atoms with van der Waals surface area (Å²) in [6.45, 7) is 13.9. The molecule has 7 saturated heterocycles. The molecule has 672 valence electrons. The van der Waals surface area contributed by atoms with E-state index in [-0.39, 0.29) is 42.0 Å². The molecule has 130 heavy (non-hydrogen) atoms. The van der Waals surface area contributed by atoms with Crippen LogP contribution in [0.2, 0.25) is 0 Å². The number of nitrogens with zero attached hydrogens (tertiary/aromatic N) is 12. The van der Waals surface area contributed by atoms with E-state index in [1.807, 2.05) is 78.9 Å². The van der Waals surface area contributed by atoms with Gasteiger partial charge in [-0.25, -0.2) is 26.0 Å². The molecule has 0 radical (unpaired) electrons. The minimum absolute atomic E-state index is 0.0174. The van der Waals surface area contributed by atoms with Crippen LogP contribution in [0.1, 0.15) is 55.2 Å². The van der Waals surface area contributed by atoms with E-state index in [1.165, 1.54) is 50.9 Å². The molecule has 27 nitrogen and oxygen atoms in total. The van der Waals surface area contributed by atoms with Crippen LogP contribution in [0.15, 0.2) is 170 Å². The number of carbonyl (C=O) groups excluding carboxylic acids is 1. The standard InChI is InChI=1S/C35H36F2N6O5.C33H33F2N5O5S.C30H30N4O2/c1-46-31-15-22(2-4-29(31)42-12-10-41(11-13-42)25-19-47-20-25)28-16-26-27(40-28)6-8-39-34(26)23-3-5-30(24(14-23)17-38)48-32-7-9-43(33(45)18-44)21-35(32,36)37;1-43-30-15-21(2-4-28(30)40-11-9-39(10-12-40)24-18-44-19-24)27-16-25-26(38-27)6-8-37-32(25)22-3-5-29(23(14-22)17-36)45-31-7-13-46(41,42)20-33(31,34)35;31-19-24-17-23(7-10-29(24)36-20-21-3-4-21)30-26-18-28(33-27(26)11-12-32-30)22-5-8-25(9-6-22)35-16-15-34-13-1-2-14-34/h2-6,8,14-16,25,32,40,44H,7,9-13,18-21H2,1H3;2-6,8,14-16,24,31,38H,7,9-13,18-20H2,1H3;5-12,17-18,21,33H,1-4,13-16,20H2. The lowest BCUT2D eigenvalue weighted by Crippen LogP contribution is -2.56. The van der Waals surface area contributed by atoms with E-state index >= 15 is 0 Å². The number of aromatic nitrogens is 6. The second-order valence-electron chi connectivity index (χ2n) is 34.1. The SMILES string of the molecule is COc1cc(-c2cc3c(-c4ccc(OC5CCN(C(=O)CO)CC5(F)F)c(C#N)c4)nccc3[nH]2)ccc1N1CCN(C2COC2)CC1.COc1cc(-c2cc3c(-c4ccc(OC5CCS(=O)(=O)CC5(F)F)c(C#N)c4)nccc3[nH]2)ccc1N1CCN(C2COC2)CC1.N#Cc1cc(-c2nccc3[nH]c(-c4ccc(OCCN5CCCC5)cc4)cc23)ccc1OCC1CC1. The molecule has 4 N–H and O–H groups in total. The van der Waals surface area contributed by atoms with Crippen molar-refractivity contribution < 1.29 is 73.8 Å². The van der Waals surface area contributed by atoms with Gasteiger partial charge in [-0.05, 0) is 190 Å². The molecule has 6 aromatic heterocycles. The Balaban J connectivity index is 0.000000133. The van der Waals surface area contributed by atoms with Crippen molar-refractivity contribution in [3.63, 3.8) is 0 Å². The summed E-state index contributed by atoms with van der Waals surface area (Å²) in [6, 6.07) is 55.1. The summed E-state index contributed by atoms with van der Waals surface area (Å²) < 4.78 is 128. The normalized spacial score (nSPS) is 19.3. The van der Waals surface area contributed by atoms with Gasteiger partial charge in [-0.15, -0.1) is 0 Å². The summed E-state index contributed by atoms with van der Waals surface area (Å²) in [5.74, 6) is -5.58. The van der Waals surface area contributed by atoms with Gasteiger partial charge in [0.2, 0.25) is 5.91 Å². The molecule has 7 aliphatic heterocycles. The van der Waals surface area contributed by atoms with E-state index in [2.05, 4.69) is 109 Å². The first-order valence-electron chi connectivity index (χ1n) is 44.0. The second-order valence-corrected chi connectivity index (χ2v) is 36.3. The summed E-state index contributed by atoms with van der Waals surface area (Å²) in [4.78, 5) is 49.1. The number of hydrogen-bond donors (Lipinski definition) is 4. The molecular formula is C98H99F4N15O12S. The molecule has 20 rings (SSSR count). The highest BCUT2D eigenvalue weighted by molar-refractivity contribution is 7.91. The zero-order valence-electron chi connectivity index (χ0n) is 72.1. The molecule has 8 fully saturated rings. The Hall–Kier alpha value is -12.8. The first-order chi connectivity index (χ1) is 63.2. The zero-order chi connectivity index (χ0) is 89.8. The minimum Gasteiger partial charge on any atom is -0.495 e. The summed E-state index contributed by atoms with van der Waals surface area (Å²) >= 11 is 0. The number of amides is 1. The number of rotatable bonds is 24. The fourth-order valence-corrected chi connectivity index (χ4v) is 19.5. The van der Waals surface area contributed by atoms with Gasteiger partial charge in [0.25, 0.3) is 5.92 Å². The smallest absolute Gasteiger partial charge is 0.301 e. The number of hydrogen-bond acceptors (Lipinski definition) is 23. The number of methoxy groups -OCH3 is 2. The van der Waals surface area contributed by atoms with Crippen molar-refractivity contribution in [3.05, 3.63) is 187 Å². The number of benzene rings is 6. The second kappa shape index (κ2) is 38.1. The van der Waals surface area contributed by atoms with Crippen LogP contribution in [0.3, 0.4) is 0 Å². The molecule has 6 aromatic carbocycles. The van der Waals surface area contributed by atoms with Gasteiger partial charge < -0.3 is 72.7 Å². The van der Waals surface area contributed by atoms with Crippen molar-refractivity contribution in [2.45, 2.75) is 74.7 Å². The third-order valence-electron chi connectivity index (χ3n) is 25.7. The van der Waals surface area contributed by atoms with Crippen LogP contribution >= 0.6 is 0 Å². The third kappa shape index (κ3) is 19.3. The summed E-state index contributed by atoms with van der Waals surface area (Å²) in [5, 5.41) is 41.2. The largest absolute Gasteiger partial charge is 0.495 e. The first kappa shape index (κ1) is 87.8. The maximum atomic E-state index is 14.9. The number of aliphatic hydroxyl groups excluding tert-OH is 1. The Morgan fingerprint density at radius 2 is 0.938 bits per heavy atom. The predicted octanol–water partition coefficient (Wildman–Crippen LogP) is 14.4. The monoisotopic (exact) mass is 1790 g/mol. The Kier molecular flexibility index (Phi) is 25.7.